The van der Waals surface area contributed by atoms with Crippen LogP contribution >= 0.6 is 0 Å². The van der Waals surface area contributed by atoms with Gasteiger partial charge in [0.2, 0.25) is 0 Å². The number of nitrogens with zero attached hydrogens (tertiary/aromatic N) is 4. The van der Waals surface area contributed by atoms with E-state index >= 15 is 0 Å². The van der Waals surface area contributed by atoms with E-state index in [4.69, 9.17) is 4.74 Å². The highest BCUT2D eigenvalue weighted by Gasteiger charge is 2.06. The van der Waals surface area contributed by atoms with Gasteiger partial charge in [0.25, 0.3) is 5.91 Å². The minimum absolute atomic E-state index is 0.0547. The van der Waals surface area contributed by atoms with Crippen molar-refractivity contribution >= 4 is 23.1 Å². The maximum Gasteiger partial charge on any atom is 0.262 e. The quantitative estimate of drug-likeness (QED) is 0.474. The van der Waals surface area contributed by atoms with Crippen molar-refractivity contribution in [3.8, 4) is 11.6 Å². The molecule has 31 heavy (non-hydrogen) atoms. The summed E-state index contributed by atoms with van der Waals surface area (Å²) < 4.78 is 7.41. The average molecular weight is 414 g/mol. The molecule has 0 aliphatic carbocycles. The summed E-state index contributed by atoms with van der Waals surface area (Å²) >= 11 is 0. The minimum atomic E-state index is -0.224. The fraction of sp³-hybridized carbons (Fsp3) is 0.130. The Kier molecular flexibility index (Phi) is 5.89. The third-order valence-electron chi connectivity index (χ3n) is 4.53. The molecule has 156 valence electrons. The topological polar surface area (TPSA) is 94.0 Å². The van der Waals surface area contributed by atoms with Gasteiger partial charge < -0.3 is 15.4 Å². The molecule has 0 atom stereocenters. The minimum Gasteiger partial charge on any atom is -0.484 e. The summed E-state index contributed by atoms with van der Waals surface area (Å²) in [5.74, 6) is 2.67. The van der Waals surface area contributed by atoms with Crippen LogP contribution < -0.4 is 15.4 Å². The van der Waals surface area contributed by atoms with Gasteiger partial charge in [0.15, 0.2) is 6.61 Å². The predicted molar refractivity (Wildman–Crippen MR) is 119 cm³/mol. The van der Waals surface area contributed by atoms with Gasteiger partial charge in [-0.25, -0.2) is 15.0 Å². The van der Waals surface area contributed by atoms with E-state index < -0.39 is 0 Å². The molecule has 0 aliphatic heterocycles. The molecule has 2 aromatic carbocycles. The van der Waals surface area contributed by atoms with Crippen LogP contribution in [0.2, 0.25) is 0 Å². The Hall–Kier alpha value is -4.20. The number of carbonyl (C=O) groups excluding carboxylic acids is 1. The summed E-state index contributed by atoms with van der Waals surface area (Å²) in [4.78, 5) is 24.9. The lowest BCUT2D eigenvalue weighted by molar-refractivity contribution is -0.118. The van der Waals surface area contributed by atoms with Gasteiger partial charge in [0.1, 0.15) is 29.5 Å². The number of benzene rings is 2. The Bertz CT molecular complexity index is 1190. The van der Waals surface area contributed by atoms with E-state index in [0.717, 1.165) is 22.9 Å². The van der Waals surface area contributed by atoms with Gasteiger partial charge in [-0.15, -0.1) is 0 Å². The van der Waals surface area contributed by atoms with Crippen LogP contribution in [0.3, 0.4) is 0 Å². The van der Waals surface area contributed by atoms with Crippen LogP contribution in [0.5, 0.6) is 5.75 Å². The number of carbonyl (C=O) groups is 1. The molecular weight excluding hydrogens is 392 g/mol. The molecular formula is C23H22N6O2. The summed E-state index contributed by atoms with van der Waals surface area (Å²) in [6, 6.07) is 16.8. The van der Waals surface area contributed by atoms with Gasteiger partial charge in [-0.2, -0.15) is 0 Å². The van der Waals surface area contributed by atoms with Gasteiger partial charge in [-0.05, 0) is 55.8 Å². The lowest BCUT2D eigenvalue weighted by Gasteiger charge is -2.10. The monoisotopic (exact) mass is 414 g/mol. The fourth-order valence-electron chi connectivity index (χ4n) is 3.00. The summed E-state index contributed by atoms with van der Waals surface area (Å²) in [6.45, 7) is 3.83. The Morgan fingerprint density at radius 2 is 1.81 bits per heavy atom. The van der Waals surface area contributed by atoms with Crippen LogP contribution in [0.15, 0.2) is 73.3 Å². The zero-order chi connectivity index (χ0) is 21.6. The van der Waals surface area contributed by atoms with Gasteiger partial charge in [0.05, 0.1) is 0 Å². The van der Waals surface area contributed by atoms with Crippen LogP contribution in [-0.2, 0) is 4.79 Å². The molecule has 0 saturated heterocycles. The lowest BCUT2D eigenvalue weighted by atomic mass is 10.2. The SMILES string of the molecule is Cc1cccc(OCC(=O)Nc2ccc(Nc3cc(-n4ccnc4C)ncn3)cc2)c1. The normalized spacial score (nSPS) is 10.5. The van der Waals surface area contributed by atoms with E-state index in [1.807, 2.05) is 79.2 Å². The Morgan fingerprint density at radius 1 is 1.00 bits per heavy atom. The predicted octanol–water partition coefficient (Wildman–Crippen LogP) is 4.04. The Morgan fingerprint density at radius 3 is 2.55 bits per heavy atom. The number of hydrogen-bond acceptors (Lipinski definition) is 6. The number of ether oxygens (including phenoxy) is 1. The molecule has 2 N–H and O–H groups in total. The molecule has 4 aromatic rings. The number of hydrogen-bond donors (Lipinski definition) is 2. The molecule has 2 aromatic heterocycles. The molecule has 0 bridgehead atoms. The molecule has 0 radical (unpaired) electrons. The van der Waals surface area contributed by atoms with Crippen LogP contribution in [0.25, 0.3) is 5.82 Å². The molecule has 0 saturated carbocycles. The van der Waals surface area contributed by atoms with E-state index in [2.05, 4.69) is 25.6 Å². The second-order valence-electron chi connectivity index (χ2n) is 6.96. The fourth-order valence-corrected chi connectivity index (χ4v) is 3.00. The van der Waals surface area contributed by atoms with Crippen molar-refractivity contribution in [3.63, 3.8) is 0 Å². The second kappa shape index (κ2) is 9.08. The summed E-state index contributed by atoms with van der Waals surface area (Å²) in [6.07, 6.45) is 5.07. The standard InChI is InChI=1S/C23H22N6O2/c1-16-4-3-5-20(12-16)31-14-23(30)28-19-8-6-18(7-9-19)27-21-13-22(26-15-25-21)29-11-10-24-17(29)2/h3-13,15H,14H2,1-2H3,(H,28,30)(H,25,26,27). The maximum absolute atomic E-state index is 12.1. The van der Waals surface area contributed by atoms with Gasteiger partial charge in [-0.3, -0.25) is 9.36 Å². The summed E-state index contributed by atoms with van der Waals surface area (Å²) in [7, 11) is 0. The Labute approximate surface area is 180 Å². The van der Waals surface area contributed by atoms with Crippen LogP contribution in [-0.4, -0.2) is 32.0 Å². The number of imidazole rings is 1. The van der Waals surface area contributed by atoms with E-state index in [1.54, 1.807) is 6.20 Å². The highest BCUT2D eigenvalue weighted by Crippen LogP contribution is 2.19. The first-order valence-corrected chi connectivity index (χ1v) is 9.75. The van der Waals surface area contributed by atoms with Crippen molar-refractivity contribution < 1.29 is 9.53 Å². The van der Waals surface area contributed by atoms with Crippen molar-refractivity contribution in [1.29, 1.82) is 0 Å². The van der Waals surface area contributed by atoms with E-state index in [1.165, 1.54) is 6.33 Å². The molecule has 0 fully saturated rings. The molecule has 0 aliphatic rings. The third kappa shape index (κ3) is 5.24. The van der Waals surface area contributed by atoms with Gasteiger partial charge in [-0.1, -0.05) is 12.1 Å². The molecule has 4 rings (SSSR count). The third-order valence-corrected chi connectivity index (χ3v) is 4.53. The number of aryl methyl sites for hydroxylation is 2. The van der Waals surface area contributed by atoms with Crippen molar-refractivity contribution in [1.82, 2.24) is 19.5 Å². The Balaban J connectivity index is 1.34. The molecule has 0 unspecified atom stereocenters. The lowest BCUT2D eigenvalue weighted by Crippen LogP contribution is -2.20. The van der Waals surface area contributed by atoms with E-state index in [9.17, 15) is 4.79 Å². The number of anilines is 3. The average Bonchev–Trinajstić information content (AvgIpc) is 3.20. The van der Waals surface area contributed by atoms with Crippen molar-refractivity contribution in [2.24, 2.45) is 0 Å². The number of rotatable bonds is 7. The first kappa shape index (κ1) is 20.1. The first-order chi connectivity index (χ1) is 15.1. The van der Waals surface area contributed by atoms with Crippen LogP contribution in [0.1, 0.15) is 11.4 Å². The summed E-state index contributed by atoms with van der Waals surface area (Å²) in [5.41, 5.74) is 2.60. The van der Waals surface area contributed by atoms with Crippen molar-refractivity contribution in [2.45, 2.75) is 13.8 Å². The van der Waals surface area contributed by atoms with Crippen LogP contribution in [0, 0.1) is 13.8 Å². The largest absolute Gasteiger partial charge is 0.484 e. The van der Waals surface area contributed by atoms with Gasteiger partial charge in [0, 0.05) is 29.8 Å². The number of amides is 1. The zero-order valence-corrected chi connectivity index (χ0v) is 17.2. The van der Waals surface area contributed by atoms with E-state index in [0.29, 0.717) is 17.3 Å². The summed E-state index contributed by atoms with van der Waals surface area (Å²) in [5, 5.41) is 6.06. The second-order valence-corrected chi connectivity index (χ2v) is 6.96. The molecule has 8 nitrogen and oxygen atoms in total. The molecule has 2 heterocycles. The van der Waals surface area contributed by atoms with E-state index in [-0.39, 0.29) is 12.5 Å². The number of nitrogens with one attached hydrogen (secondary N) is 2. The molecule has 0 spiro atoms. The highest BCUT2D eigenvalue weighted by molar-refractivity contribution is 5.92. The number of aromatic nitrogens is 4. The van der Waals surface area contributed by atoms with Crippen molar-refractivity contribution in [3.05, 3.63) is 84.7 Å². The smallest absolute Gasteiger partial charge is 0.262 e. The van der Waals surface area contributed by atoms with Crippen LogP contribution in [0.4, 0.5) is 17.2 Å². The zero-order valence-electron chi connectivity index (χ0n) is 17.2. The molecule has 1 amide bonds. The highest BCUT2D eigenvalue weighted by atomic mass is 16.5. The first-order valence-electron chi connectivity index (χ1n) is 9.75. The van der Waals surface area contributed by atoms with Crippen molar-refractivity contribution in [2.75, 3.05) is 17.2 Å². The van der Waals surface area contributed by atoms with Gasteiger partial charge >= 0.3 is 0 Å². The molecule has 8 heteroatoms. The maximum atomic E-state index is 12.1.